The van der Waals surface area contributed by atoms with E-state index < -0.39 is 10.0 Å². The standard InChI is InChI=1S/C12H16N2O2S/c1-3-9(4-2)13-12-10-7-5-6-8-11(10)17(15,16)14-12/h5-9H,3-4H2,1-2H3,(H,13,14). The predicted octanol–water partition coefficient (Wildman–Crippen LogP) is 1.91. The third-order valence-electron chi connectivity index (χ3n) is 2.92. The number of fused-ring (bicyclic) bond motifs is 1. The average Bonchev–Trinajstić information content (AvgIpc) is 2.59. The first-order chi connectivity index (χ1) is 8.08. The molecule has 0 radical (unpaired) electrons. The summed E-state index contributed by atoms with van der Waals surface area (Å²) in [4.78, 5) is 4.80. The van der Waals surface area contributed by atoms with Gasteiger partial charge < -0.3 is 0 Å². The van der Waals surface area contributed by atoms with Gasteiger partial charge in [-0.1, -0.05) is 26.0 Å². The third-order valence-corrected chi connectivity index (χ3v) is 4.31. The molecule has 0 aliphatic carbocycles. The van der Waals surface area contributed by atoms with Crippen molar-refractivity contribution in [3.05, 3.63) is 29.8 Å². The van der Waals surface area contributed by atoms with Crippen molar-refractivity contribution >= 4 is 15.9 Å². The van der Waals surface area contributed by atoms with Crippen LogP contribution in [0.15, 0.2) is 34.2 Å². The van der Waals surface area contributed by atoms with Crippen molar-refractivity contribution < 1.29 is 8.42 Å². The zero-order valence-electron chi connectivity index (χ0n) is 9.97. The first-order valence-corrected chi connectivity index (χ1v) is 7.26. The number of sulfonamides is 1. The molecule has 1 N–H and O–H groups in total. The number of nitrogens with one attached hydrogen (secondary N) is 1. The van der Waals surface area contributed by atoms with E-state index >= 15 is 0 Å². The summed E-state index contributed by atoms with van der Waals surface area (Å²) in [5.41, 5.74) is 0.680. The molecule has 0 saturated carbocycles. The molecule has 1 aromatic carbocycles. The molecule has 1 aliphatic rings. The number of aliphatic imine (C=N–C) groups is 1. The van der Waals surface area contributed by atoms with Crippen molar-refractivity contribution in [2.45, 2.75) is 37.6 Å². The quantitative estimate of drug-likeness (QED) is 0.893. The molecule has 1 aromatic rings. The number of amidine groups is 1. The van der Waals surface area contributed by atoms with Crippen LogP contribution in [0.25, 0.3) is 0 Å². The molecule has 0 saturated heterocycles. The Labute approximate surface area is 102 Å². The summed E-state index contributed by atoms with van der Waals surface area (Å²) >= 11 is 0. The van der Waals surface area contributed by atoms with E-state index in [4.69, 9.17) is 0 Å². The maximum Gasteiger partial charge on any atom is 0.263 e. The SMILES string of the molecule is CCC(CC)N=C1NS(=O)(=O)c2ccccc21. The van der Waals surface area contributed by atoms with Gasteiger partial charge in [0.05, 0.1) is 10.9 Å². The summed E-state index contributed by atoms with van der Waals surface area (Å²) in [6.45, 7) is 4.10. The lowest BCUT2D eigenvalue weighted by Gasteiger charge is -2.07. The Kier molecular flexibility index (Phi) is 3.19. The van der Waals surface area contributed by atoms with Crippen LogP contribution in [0.3, 0.4) is 0 Å². The first-order valence-electron chi connectivity index (χ1n) is 5.78. The van der Waals surface area contributed by atoms with Crippen LogP contribution >= 0.6 is 0 Å². The minimum atomic E-state index is -3.40. The van der Waals surface area contributed by atoms with Crippen LogP contribution < -0.4 is 4.72 Å². The summed E-state index contributed by atoms with van der Waals surface area (Å²) < 4.78 is 26.2. The molecule has 4 nitrogen and oxygen atoms in total. The largest absolute Gasteiger partial charge is 0.264 e. The summed E-state index contributed by atoms with van der Waals surface area (Å²) in [5, 5.41) is 0. The summed E-state index contributed by atoms with van der Waals surface area (Å²) in [6.07, 6.45) is 1.81. The van der Waals surface area contributed by atoms with Crippen LogP contribution in [0.1, 0.15) is 32.3 Å². The Morgan fingerprint density at radius 3 is 2.53 bits per heavy atom. The van der Waals surface area contributed by atoms with Crippen molar-refractivity contribution in [1.82, 2.24) is 4.72 Å². The molecule has 0 atom stereocenters. The summed E-state index contributed by atoms with van der Waals surface area (Å²) in [5.74, 6) is 0.481. The van der Waals surface area contributed by atoms with E-state index in [0.717, 1.165) is 12.8 Å². The van der Waals surface area contributed by atoms with Crippen molar-refractivity contribution in [2.24, 2.45) is 4.99 Å². The minimum absolute atomic E-state index is 0.166. The van der Waals surface area contributed by atoms with Gasteiger partial charge in [0.1, 0.15) is 5.84 Å². The Morgan fingerprint density at radius 1 is 1.24 bits per heavy atom. The van der Waals surface area contributed by atoms with Crippen molar-refractivity contribution in [2.75, 3.05) is 0 Å². The number of benzene rings is 1. The van der Waals surface area contributed by atoms with Crippen molar-refractivity contribution in [3.8, 4) is 0 Å². The normalized spacial score (nSPS) is 19.4. The van der Waals surface area contributed by atoms with E-state index in [1.165, 1.54) is 0 Å². The maximum atomic E-state index is 11.8. The van der Waals surface area contributed by atoms with Gasteiger partial charge in [-0.25, -0.2) is 8.42 Å². The molecule has 0 amide bonds. The molecule has 1 heterocycles. The fourth-order valence-corrected chi connectivity index (χ4v) is 3.12. The highest BCUT2D eigenvalue weighted by Crippen LogP contribution is 2.23. The Bertz CT molecular complexity index is 545. The monoisotopic (exact) mass is 252 g/mol. The fourth-order valence-electron chi connectivity index (χ4n) is 1.88. The van der Waals surface area contributed by atoms with E-state index in [2.05, 4.69) is 9.71 Å². The molecule has 0 unspecified atom stereocenters. The van der Waals surface area contributed by atoms with Gasteiger partial charge in [-0.05, 0) is 25.0 Å². The zero-order valence-corrected chi connectivity index (χ0v) is 10.8. The zero-order chi connectivity index (χ0) is 12.5. The lowest BCUT2D eigenvalue weighted by Crippen LogP contribution is -2.23. The molecular weight excluding hydrogens is 236 g/mol. The highest BCUT2D eigenvalue weighted by atomic mass is 32.2. The van der Waals surface area contributed by atoms with E-state index in [9.17, 15) is 8.42 Å². The molecule has 1 aliphatic heterocycles. The molecule has 0 bridgehead atoms. The van der Waals surface area contributed by atoms with Crippen LogP contribution in [0.5, 0.6) is 0 Å². The van der Waals surface area contributed by atoms with Gasteiger partial charge in [-0.3, -0.25) is 9.71 Å². The van der Waals surface area contributed by atoms with Gasteiger partial charge >= 0.3 is 0 Å². The third kappa shape index (κ3) is 2.20. The maximum absolute atomic E-state index is 11.8. The molecule has 17 heavy (non-hydrogen) atoms. The highest BCUT2D eigenvalue weighted by molar-refractivity contribution is 7.90. The fraction of sp³-hybridized carbons (Fsp3) is 0.417. The number of rotatable bonds is 3. The number of nitrogens with zero attached hydrogens (tertiary/aromatic N) is 1. The Balaban J connectivity index is 2.48. The molecule has 92 valence electrons. The van der Waals surface area contributed by atoms with Gasteiger partial charge in [0, 0.05) is 5.56 Å². The first kappa shape index (κ1) is 12.1. The van der Waals surface area contributed by atoms with E-state index in [1.54, 1.807) is 18.2 Å². The van der Waals surface area contributed by atoms with Gasteiger partial charge in [0.2, 0.25) is 0 Å². The van der Waals surface area contributed by atoms with Crippen molar-refractivity contribution in [3.63, 3.8) is 0 Å². The Morgan fingerprint density at radius 2 is 1.88 bits per heavy atom. The molecule has 0 aromatic heterocycles. The second-order valence-electron chi connectivity index (χ2n) is 4.05. The van der Waals surface area contributed by atoms with E-state index in [-0.39, 0.29) is 6.04 Å². The highest BCUT2D eigenvalue weighted by Gasteiger charge is 2.30. The smallest absolute Gasteiger partial charge is 0.263 e. The van der Waals surface area contributed by atoms with Crippen LogP contribution in [0.4, 0.5) is 0 Å². The van der Waals surface area contributed by atoms with Gasteiger partial charge in [-0.2, -0.15) is 0 Å². The van der Waals surface area contributed by atoms with E-state index in [1.807, 2.05) is 19.9 Å². The molecule has 0 fully saturated rings. The molecule has 2 rings (SSSR count). The lowest BCUT2D eigenvalue weighted by atomic mass is 10.1. The summed E-state index contributed by atoms with van der Waals surface area (Å²) in [6, 6.07) is 7.10. The average molecular weight is 252 g/mol. The van der Waals surface area contributed by atoms with Gasteiger partial charge in [0.15, 0.2) is 0 Å². The van der Waals surface area contributed by atoms with Crippen molar-refractivity contribution in [1.29, 1.82) is 0 Å². The van der Waals surface area contributed by atoms with Crippen LogP contribution in [0.2, 0.25) is 0 Å². The number of hydrogen-bond acceptors (Lipinski definition) is 3. The van der Waals surface area contributed by atoms with Gasteiger partial charge in [0.25, 0.3) is 10.0 Å². The van der Waals surface area contributed by atoms with Gasteiger partial charge in [-0.15, -0.1) is 0 Å². The van der Waals surface area contributed by atoms with Crippen LogP contribution in [-0.4, -0.2) is 20.3 Å². The second-order valence-corrected chi connectivity index (χ2v) is 5.70. The topological polar surface area (TPSA) is 58.5 Å². The second kappa shape index (κ2) is 4.49. The molecule has 0 spiro atoms. The molecule has 5 heteroatoms. The number of hydrogen-bond donors (Lipinski definition) is 1. The Hall–Kier alpha value is -1.36. The van der Waals surface area contributed by atoms with E-state index in [0.29, 0.717) is 16.3 Å². The summed E-state index contributed by atoms with van der Waals surface area (Å²) in [7, 11) is -3.40. The minimum Gasteiger partial charge on any atom is -0.264 e. The van der Waals surface area contributed by atoms with Crippen LogP contribution in [0, 0.1) is 0 Å². The lowest BCUT2D eigenvalue weighted by molar-refractivity contribution is 0.594. The molecular formula is C12H16N2O2S. The predicted molar refractivity (Wildman–Crippen MR) is 67.7 cm³/mol. The van der Waals surface area contributed by atoms with Crippen LogP contribution in [-0.2, 0) is 10.0 Å².